The minimum atomic E-state index is -0.604. The van der Waals surface area contributed by atoms with Gasteiger partial charge < -0.3 is 5.11 Å². The van der Waals surface area contributed by atoms with Gasteiger partial charge in [0.1, 0.15) is 5.69 Å². The number of aliphatic hydroxyl groups is 1. The first-order chi connectivity index (χ1) is 8.49. The molecule has 2 rings (SSSR count). The van der Waals surface area contributed by atoms with E-state index in [2.05, 4.69) is 15.0 Å². The molecule has 0 aliphatic carbocycles. The number of rotatable bonds is 2. The lowest BCUT2D eigenvalue weighted by Crippen LogP contribution is -2.02. The maximum absolute atomic E-state index is 9.52. The molecule has 0 bridgehead atoms. The van der Waals surface area contributed by atoms with E-state index < -0.39 is 6.10 Å². The van der Waals surface area contributed by atoms with Crippen LogP contribution < -0.4 is 0 Å². The van der Waals surface area contributed by atoms with Crippen molar-refractivity contribution in [1.82, 2.24) is 15.0 Å². The fraction of sp³-hybridized carbons (Fsp3) is 0.250. The van der Waals surface area contributed by atoms with Crippen LogP contribution in [0.15, 0.2) is 18.5 Å². The number of aryl methyl sites for hydroxylation is 1. The lowest BCUT2D eigenvalue weighted by molar-refractivity contribution is 0.197. The highest BCUT2D eigenvalue weighted by atomic mass is 35.5. The molecule has 4 nitrogen and oxygen atoms in total. The van der Waals surface area contributed by atoms with Crippen LogP contribution in [0.1, 0.15) is 24.3 Å². The summed E-state index contributed by atoms with van der Waals surface area (Å²) in [5.41, 5.74) is 1.85. The Bertz CT molecular complexity index is 588. The fourth-order valence-corrected chi connectivity index (χ4v) is 2.04. The Hall–Kier alpha value is -1.23. The van der Waals surface area contributed by atoms with Crippen molar-refractivity contribution in [1.29, 1.82) is 0 Å². The number of pyridine rings is 1. The number of halogens is 2. The average molecular weight is 284 g/mol. The maximum atomic E-state index is 9.52. The van der Waals surface area contributed by atoms with Gasteiger partial charge in [0.15, 0.2) is 5.82 Å². The number of nitrogens with zero attached hydrogens (tertiary/aromatic N) is 3. The van der Waals surface area contributed by atoms with Crippen LogP contribution in [0.4, 0.5) is 0 Å². The topological polar surface area (TPSA) is 58.9 Å². The van der Waals surface area contributed by atoms with Gasteiger partial charge in [-0.15, -0.1) is 0 Å². The van der Waals surface area contributed by atoms with Crippen LogP contribution in [0, 0.1) is 6.92 Å². The third-order valence-corrected chi connectivity index (χ3v) is 2.98. The van der Waals surface area contributed by atoms with Crippen molar-refractivity contribution in [2.75, 3.05) is 0 Å². The standard InChI is InChI=1S/C12H11Cl2N3O/c1-6-9(7(2)18)5-16-12(17-6)11-10(14)3-8(13)4-15-11/h3-5,7,18H,1-2H3. The van der Waals surface area contributed by atoms with E-state index in [9.17, 15) is 5.11 Å². The van der Waals surface area contributed by atoms with Gasteiger partial charge in [0.2, 0.25) is 0 Å². The van der Waals surface area contributed by atoms with E-state index in [0.29, 0.717) is 32.8 Å². The highest BCUT2D eigenvalue weighted by Crippen LogP contribution is 2.26. The second kappa shape index (κ2) is 5.18. The van der Waals surface area contributed by atoms with Gasteiger partial charge in [0.05, 0.1) is 16.1 Å². The molecule has 2 heterocycles. The largest absolute Gasteiger partial charge is 0.389 e. The molecule has 0 radical (unpaired) electrons. The Morgan fingerprint density at radius 3 is 2.50 bits per heavy atom. The van der Waals surface area contributed by atoms with E-state index in [1.165, 1.54) is 6.20 Å². The van der Waals surface area contributed by atoms with Gasteiger partial charge in [-0.2, -0.15) is 0 Å². The zero-order chi connectivity index (χ0) is 13.3. The molecule has 0 saturated carbocycles. The van der Waals surface area contributed by atoms with Crippen LogP contribution in [-0.2, 0) is 0 Å². The van der Waals surface area contributed by atoms with Crippen molar-refractivity contribution in [2.24, 2.45) is 0 Å². The lowest BCUT2D eigenvalue weighted by Gasteiger charge is -2.09. The third-order valence-electron chi connectivity index (χ3n) is 2.49. The Morgan fingerprint density at radius 2 is 1.94 bits per heavy atom. The number of aliphatic hydroxyl groups excluding tert-OH is 1. The first kappa shape index (κ1) is 13.2. The van der Waals surface area contributed by atoms with Crippen LogP contribution in [0.5, 0.6) is 0 Å². The molecule has 94 valence electrons. The van der Waals surface area contributed by atoms with Gasteiger partial charge in [0.25, 0.3) is 0 Å². The van der Waals surface area contributed by atoms with Crippen LogP contribution >= 0.6 is 23.2 Å². The van der Waals surface area contributed by atoms with E-state index in [1.807, 2.05) is 0 Å². The molecule has 1 atom stereocenters. The fourth-order valence-electron chi connectivity index (χ4n) is 1.58. The van der Waals surface area contributed by atoms with Crippen molar-refractivity contribution in [3.63, 3.8) is 0 Å². The summed E-state index contributed by atoms with van der Waals surface area (Å²) in [6.45, 7) is 3.47. The highest BCUT2D eigenvalue weighted by Gasteiger charge is 2.12. The van der Waals surface area contributed by atoms with E-state index >= 15 is 0 Å². The van der Waals surface area contributed by atoms with E-state index in [-0.39, 0.29) is 0 Å². The molecule has 1 N–H and O–H groups in total. The number of aromatic nitrogens is 3. The predicted molar refractivity (Wildman–Crippen MR) is 70.7 cm³/mol. The van der Waals surface area contributed by atoms with E-state index in [0.717, 1.165) is 0 Å². The minimum absolute atomic E-state index is 0.395. The van der Waals surface area contributed by atoms with Crippen molar-refractivity contribution in [2.45, 2.75) is 20.0 Å². The summed E-state index contributed by atoms with van der Waals surface area (Å²) in [5.74, 6) is 0.415. The van der Waals surface area contributed by atoms with Gasteiger partial charge in [-0.1, -0.05) is 23.2 Å². The van der Waals surface area contributed by atoms with Crippen molar-refractivity contribution < 1.29 is 5.11 Å². The number of hydrogen-bond donors (Lipinski definition) is 1. The molecule has 0 spiro atoms. The van der Waals surface area contributed by atoms with Crippen molar-refractivity contribution >= 4 is 23.2 Å². The molecule has 0 saturated heterocycles. The third kappa shape index (κ3) is 2.61. The molecule has 0 aromatic carbocycles. The smallest absolute Gasteiger partial charge is 0.179 e. The normalized spacial score (nSPS) is 12.5. The molecular weight excluding hydrogens is 273 g/mol. The molecular formula is C12H11Cl2N3O. The monoisotopic (exact) mass is 283 g/mol. The van der Waals surface area contributed by atoms with Crippen LogP contribution in [0.2, 0.25) is 10.0 Å². The minimum Gasteiger partial charge on any atom is -0.389 e. The number of hydrogen-bond acceptors (Lipinski definition) is 4. The molecule has 2 aromatic heterocycles. The molecule has 1 unspecified atom stereocenters. The maximum Gasteiger partial charge on any atom is 0.179 e. The SMILES string of the molecule is Cc1nc(-c2ncc(Cl)cc2Cl)ncc1C(C)O. The van der Waals surface area contributed by atoms with Crippen LogP contribution in [0.3, 0.4) is 0 Å². The molecule has 0 aliphatic rings. The highest BCUT2D eigenvalue weighted by molar-refractivity contribution is 6.35. The lowest BCUT2D eigenvalue weighted by atomic mass is 10.1. The first-order valence-corrected chi connectivity index (χ1v) is 6.07. The summed E-state index contributed by atoms with van der Waals surface area (Å²) >= 11 is 11.8. The van der Waals surface area contributed by atoms with E-state index in [4.69, 9.17) is 23.2 Å². The molecule has 18 heavy (non-hydrogen) atoms. The Labute approximate surface area is 115 Å². The second-order valence-electron chi connectivity index (χ2n) is 3.89. The van der Waals surface area contributed by atoms with Gasteiger partial charge in [0, 0.05) is 23.7 Å². The average Bonchev–Trinajstić information content (AvgIpc) is 2.28. The summed E-state index contributed by atoms with van der Waals surface area (Å²) in [6, 6.07) is 1.59. The van der Waals surface area contributed by atoms with E-state index in [1.54, 1.807) is 26.1 Å². The second-order valence-corrected chi connectivity index (χ2v) is 4.74. The zero-order valence-corrected chi connectivity index (χ0v) is 11.4. The zero-order valence-electron chi connectivity index (χ0n) is 9.85. The quantitative estimate of drug-likeness (QED) is 0.920. The van der Waals surface area contributed by atoms with Crippen molar-refractivity contribution in [3.8, 4) is 11.5 Å². The Morgan fingerprint density at radius 1 is 1.22 bits per heavy atom. The first-order valence-electron chi connectivity index (χ1n) is 5.32. The Balaban J connectivity index is 2.49. The summed E-state index contributed by atoms with van der Waals surface area (Å²) in [6.07, 6.45) is 2.46. The van der Waals surface area contributed by atoms with Gasteiger partial charge in [-0.25, -0.2) is 15.0 Å². The molecule has 0 amide bonds. The summed E-state index contributed by atoms with van der Waals surface area (Å²) in [4.78, 5) is 12.6. The molecule has 6 heteroatoms. The predicted octanol–water partition coefficient (Wildman–Crippen LogP) is 3.21. The Kier molecular flexibility index (Phi) is 3.80. The van der Waals surface area contributed by atoms with Gasteiger partial charge in [-0.3, -0.25) is 0 Å². The molecule has 2 aromatic rings. The van der Waals surface area contributed by atoms with Gasteiger partial charge >= 0.3 is 0 Å². The van der Waals surface area contributed by atoms with Gasteiger partial charge in [-0.05, 0) is 19.9 Å². The summed E-state index contributed by atoms with van der Waals surface area (Å²) < 4.78 is 0. The van der Waals surface area contributed by atoms with Crippen LogP contribution in [0.25, 0.3) is 11.5 Å². The molecule has 0 fully saturated rings. The van der Waals surface area contributed by atoms with Crippen LogP contribution in [-0.4, -0.2) is 20.1 Å². The molecule has 0 aliphatic heterocycles. The summed E-state index contributed by atoms with van der Waals surface area (Å²) in [5, 5.41) is 10.4. The van der Waals surface area contributed by atoms with Crippen molar-refractivity contribution in [3.05, 3.63) is 39.8 Å². The summed E-state index contributed by atoms with van der Waals surface area (Å²) in [7, 11) is 0.